The van der Waals surface area contributed by atoms with Gasteiger partial charge in [-0.2, -0.15) is 0 Å². The van der Waals surface area contributed by atoms with Crippen molar-refractivity contribution in [2.75, 3.05) is 31.3 Å². The summed E-state index contributed by atoms with van der Waals surface area (Å²) in [6.45, 7) is 4.02. The van der Waals surface area contributed by atoms with Crippen molar-refractivity contribution in [1.82, 2.24) is 0 Å². The molecule has 1 amide bonds. The monoisotopic (exact) mass is 387 g/mol. The summed E-state index contributed by atoms with van der Waals surface area (Å²) in [5, 5.41) is 0.582. The number of carbonyl (C=O) groups is 1. The van der Waals surface area contributed by atoms with Gasteiger partial charge in [0.05, 0.1) is 30.5 Å². The minimum absolute atomic E-state index is 0.152. The van der Waals surface area contributed by atoms with Gasteiger partial charge < -0.3 is 19.1 Å². The molecule has 0 unspecified atom stereocenters. The molecule has 0 saturated carbocycles. The summed E-state index contributed by atoms with van der Waals surface area (Å²) < 4.78 is 17.5. The van der Waals surface area contributed by atoms with Crippen molar-refractivity contribution in [3.63, 3.8) is 0 Å². The van der Waals surface area contributed by atoms with Gasteiger partial charge in [-0.15, -0.1) is 0 Å². The van der Waals surface area contributed by atoms with E-state index in [9.17, 15) is 4.79 Å². The Hall–Kier alpha value is -2.08. The second kappa shape index (κ2) is 7.50. The van der Waals surface area contributed by atoms with Gasteiger partial charge in [0, 0.05) is 12.1 Å². The summed E-state index contributed by atoms with van der Waals surface area (Å²) in [6.07, 6.45) is 1.46. The van der Waals surface area contributed by atoms with E-state index in [1.54, 1.807) is 11.0 Å². The maximum absolute atomic E-state index is 13.2. The van der Waals surface area contributed by atoms with E-state index in [0.717, 1.165) is 23.2 Å². The highest BCUT2D eigenvalue weighted by atomic mass is 35.5. The molecule has 2 heterocycles. The van der Waals surface area contributed by atoms with E-state index in [4.69, 9.17) is 25.8 Å². The first-order chi connectivity index (χ1) is 13.1. The number of benzene rings is 2. The largest absolute Gasteiger partial charge is 0.492 e. The summed E-state index contributed by atoms with van der Waals surface area (Å²) in [6, 6.07) is 13.3. The van der Waals surface area contributed by atoms with E-state index < -0.39 is 5.79 Å². The van der Waals surface area contributed by atoms with Gasteiger partial charge in [0.25, 0.3) is 11.7 Å². The quantitative estimate of drug-likeness (QED) is 0.726. The number of ether oxygens (including phenoxy) is 3. The van der Waals surface area contributed by atoms with Crippen LogP contribution in [0.25, 0.3) is 0 Å². The van der Waals surface area contributed by atoms with Gasteiger partial charge in [0.1, 0.15) is 5.75 Å². The zero-order valence-corrected chi connectivity index (χ0v) is 16.0. The number of carbonyl (C=O) groups excluding carboxylic acids is 1. The number of para-hydroxylation sites is 1. The minimum atomic E-state index is -1.29. The van der Waals surface area contributed by atoms with Gasteiger partial charge in [-0.25, -0.2) is 0 Å². The second-order valence-electron chi connectivity index (χ2n) is 6.78. The Morgan fingerprint density at radius 1 is 1.19 bits per heavy atom. The summed E-state index contributed by atoms with van der Waals surface area (Å²) in [5.74, 6) is -0.790. The third-order valence-corrected chi connectivity index (χ3v) is 5.16. The van der Waals surface area contributed by atoms with E-state index in [1.165, 1.54) is 0 Å². The lowest BCUT2D eigenvalue weighted by Crippen LogP contribution is -2.47. The predicted octanol–water partition coefficient (Wildman–Crippen LogP) is 4.05. The first-order valence-electron chi connectivity index (χ1n) is 9.20. The lowest BCUT2D eigenvalue weighted by Gasteiger charge is -2.32. The lowest BCUT2D eigenvalue weighted by molar-refractivity contribution is -0.256. The van der Waals surface area contributed by atoms with Crippen molar-refractivity contribution in [2.24, 2.45) is 0 Å². The van der Waals surface area contributed by atoms with Crippen LogP contribution in [0.3, 0.4) is 0 Å². The first kappa shape index (κ1) is 18.3. The highest BCUT2D eigenvalue weighted by Crippen LogP contribution is 2.45. The Labute approximate surface area is 163 Å². The van der Waals surface area contributed by atoms with Crippen molar-refractivity contribution >= 4 is 23.2 Å². The van der Waals surface area contributed by atoms with Crippen molar-refractivity contribution in [2.45, 2.75) is 25.6 Å². The van der Waals surface area contributed by atoms with Gasteiger partial charge >= 0.3 is 0 Å². The SMILES string of the molecule is Cc1ccc2c(c1)C1(OCCCO1)C(=O)N2CCCOc1ccccc1Cl. The number of anilines is 1. The molecule has 0 atom stereocenters. The molecule has 0 radical (unpaired) electrons. The molecule has 2 aromatic rings. The van der Waals surface area contributed by atoms with Crippen LogP contribution in [0.2, 0.25) is 5.02 Å². The molecule has 1 spiro atoms. The van der Waals surface area contributed by atoms with Crippen molar-refractivity contribution in [1.29, 1.82) is 0 Å². The third kappa shape index (κ3) is 3.31. The molecule has 2 aliphatic heterocycles. The Morgan fingerprint density at radius 3 is 2.74 bits per heavy atom. The molecule has 2 aliphatic rings. The minimum Gasteiger partial charge on any atom is -0.492 e. The average Bonchev–Trinajstić information content (AvgIpc) is 2.89. The standard InChI is InChI=1S/C21H22ClNO4/c1-15-8-9-18-16(14-15)21(26-12-5-13-27-21)20(24)23(18)10-4-11-25-19-7-3-2-6-17(19)22/h2-3,6-9,14H,4-5,10-13H2,1H3. The number of nitrogens with zero attached hydrogens (tertiary/aromatic N) is 1. The van der Waals surface area contributed by atoms with E-state index in [0.29, 0.717) is 43.6 Å². The van der Waals surface area contributed by atoms with Crippen LogP contribution < -0.4 is 9.64 Å². The van der Waals surface area contributed by atoms with Crippen LogP contribution in [0.5, 0.6) is 5.75 Å². The van der Waals surface area contributed by atoms with Gasteiger partial charge in [0.15, 0.2) is 0 Å². The maximum Gasteiger partial charge on any atom is 0.292 e. The average molecular weight is 388 g/mol. The number of aryl methyl sites for hydroxylation is 1. The summed E-state index contributed by atoms with van der Waals surface area (Å²) in [4.78, 5) is 14.9. The fourth-order valence-corrected chi connectivity index (χ4v) is 3.74. The second-order valence-corrected chi connectivity index (χ2v) is 7.18. The molecule has 0 bridgehead atoms. The lowest BCUT2D eigenvalue weighted by atomic mass is 10.0. The van der Waals surface area contributed by atoms with E-state index in [-0.39, 0.29) is 5.91 Å². The van der Waals surface area contributed by atoms with Crippen LogP contribution in [0.1, 0.15) is 24.0 Å². The number of hydrogen-bond donors (Lipinski definition) is 0. The fraction of sp³-hybridized carbons (Fsp3) is 0.381. The van der Waals surface area contributed by atoms with Crippen LogP contribution in [-0.2, 0) is 20.1 Å². The van der Waals surface area contributed by atoms with Crippen LogP contribution in [-0.4, -0.2) is 32.3 Å². The number of halogens is 1. The summed E-state index contributed by atoms with van der Waals surface area (Å²) in [7, 11) is 0. The van der Waals surface area contributed by atoms with Crippen LogP contribution in [0.15, 0.2) is 42.5 Å². The molecular weight excluding hydrogens is 366 g/mol. The molecule has 0 N–H and O–H groups in total. The first-order valence-corrected chi connectivity index (χ1v) is 9.58. The highest BCUT2D eigenvalue weighted by Gasteiger charge is 2.54. The Balaban J connectivity index is 1.48. The third-order valence-electron chi connectivity index (χ3n) is 4.84. The van der Waals surface area contributed by atoms with Gasteiger partial charge in [0.2, 0.25) is 0 Å². The molecule has 4 rings (SSSR count). The Bertz CT molecular complexity index is 848. The van der Waals surface area contributed by atoms with Crippen molar-refractivity contribution < 1.29 is 19.0 Å². The summed E-state index contributed by atoms with van der Waals surface area (Å²) in [5.41, 5.74) is 2.73. The van der Waals surface area contributed by atoms with E-state index in [2.05, 4.69) is 0 Å². The Kier molecular flexibility index (Phi) is 5.08. The zero-order valence-electron chi connectivity index (χ0n) is 15.2. The molecular formula is C21H22ClNO4. The molecule has 5 nitrogen and oxygen atoms in total. The molecule has 27 heavy (non-hydrogen) atoms. The molecule has 142 valence electrons. The smallest absolute Gasteiger partial charge is 0.292 e. The summed E-state index contributed by atoms with van der Waals surface area (Å²) >= 11 is 6.11. The van der Waals surface area contributed by atoms with Crippen molar-refractivity contribution in [3.05, 3.63) is 58.6 Å². The molecule has 2 aromatic carbocycles. The number of hydrogen-bond acceptors (Lipinski definition) is 4. The van der Waals surface area contributed by atoms with E-state index >= 15 is 0 Å². The molecule has 1 saturated heterocycles. The van der Waals surface area contributed by atoms with Crippen molar-refractivity contribution in [3.8, 4) is 5.75 Å². The number of rotatable bonds is 5. The number of fused-ring (bicyclic) bond motifs is 2. The fourth-order valence-electron chi connectivity index (χ4n) is 3.55. The van der Waals surface area contributed by atoms with Gasteiger partial charge in [-0.05, 0) is 44.0 Å². The molecule has 1 fully saturated rings. The van der Waals surface area contributed by atoms with Crippen LogP contribution >= 0.6 is 11.6 Å². The molecule has 6 heteroatoms. The van der Waals surface area contributed by atoms with E-state index in [1.807, 2.05) is 43.3 Å². The van der Waals surface area contributed by atoms with Gasteiger partial charge in [-0.1, -0.05) is 35.4 Å². The molecule has 0 aromatic heterocycles. The predicted molar refractivity (Wildman–Crippen MR) is 103 cm³/mol. The normalized spacial score (nSPS) is 18.0. The zero-order chi connectivity index (χ0) is 18.9. The highest BCUT2D eigenvalue weighted by molar-refractivity contribution is 6.32. The molecule has 0 aliphatic carbocycles. The van der Waals surface area contributed by atoms with Crippen LogP contribution in [0.4, 0.5) is 5.69 Å². The maximum atomic E-state index is 13.2. The van der Waals surface area contributed by atoms with Gasteiger partial charge in [-0.3, -0.25) is 4.79 Å². The topological polar surface area (TPSA) is 48.0 Å². The Morgan fingerprint density at radius 2 is 1.96 bits per heavy atom. The van der Waals surface area contributed by atoms with Crippen LogP contribution in [0, 0.1) is 6.92 Å². The number of amides is 1.